The van der Waals surface area contributed by atoms with Crippen molar-refractivity contribution in [1.82, 2.24) is 8.87 Å². The summed E-state index contributed by atoms with van der Waals surface area (Å²) in [7, 11) is -2.14. The zero-order chi connectivity index (χ0) is 15.6. The van der Waals surface area contributed by atoms with Gasteiger partial charge in [-0.15, -0.1) is 13.2 Å². The van der Waals surface area contributed by atoms with E-state index in [1.165, 1.54) is 33.2 Å². The highest BCUT2D eigenvalue weighted by molar-refractivity contribution is 7.89. The first kappa shape index (κ1) is 15.3. The van der Waals surface area contributed by atoms with E-state index in [4.69, 9.17) is 4.42 Å². The molecule has 0 fully saturated rings. The molecule has 0 radical (unpaired) electrons. The van der Waals surface area contributed by atoms with Crippen LogP contribution < -0.4 is 5.76 Å². The van der Waals surface area contributed by atoms with Crippen LogP contribution in [0.5, 0.6) is 0 Å². The molecule has 6 nitrogen and oxygen atoms in total. The average molecular weight is 308 g/mol. The monoisotopic (exact) mass is 308 g/mol. The molecule has 0 aliphatic rings. The molecule has 0 spiro atoms. The number of oxazole rings is 1. The fourth-order valence-corrected chi connectivity index (χ4v) is 3.38. The molecule has 0 aliphatic carbocycles. The Labute approximate surface area is 122 Å². The Morgan fingerprint density at radius 1 is 1.29 bits per heavy atom. The summed E-state index contributed by atoms with van der Waals surface area (Å²) in [5, 5.41) is 0. The van der Waals surface area contributed by atoms with E-state index in [9.17, 15) is 13.2 Å². The molecule has 0 bridgehead atoms. The predicted molar refractivity (Wildman–Crippen MR) is 80.6 cm³/mol. The molecule has 1 heterocycles. The standard InChI is InChI=1S/C14H16N2O4S/c1-4-8-16(9-5-2)21(18,19)11-6-7-12-13(10-11)20-14(17)15(12)3/h4-7,10H,1-2,8-9H2,3H3. The van der Waals surface area contributed by atoms with Crippen LogP contribution in [0.15, 0.2) is 57.6 Å². The third-order valence-electron chi connectivity index (χ3n) is 3.07. The molecule has 112 valence electrons. The molecule has 0 amide bonds. The minimum absolute atomic E-state index is 0.0630. The molecule has 0 aliphatic heterocycles. The highest BCUT2D eigenvalue weighted by atomic mass is 32.2. The van der Waals surface area contributed by atoms with Gasteiger partial charge in [0.1, 0.15) is 0 Å². The number of sulfonamides is 1. The van der Waals surface area contributed by atoms with Gasteiger partial charge in [0.2, 0.25) is 10.0 Å². The second-order valence-electron chi connectivity index (χ2n) is 4.46. The maximum atomic E-state index is 12.6. The van der Waals surface area contributed by atoms with Crippen molar-refractivity contribution in [3.8, 4) is 0 Å². The van der Waals surface area contributed by atoms with Gasteiger partial charge >= 0.3 is 5.76 Å². The normalized spacial score (nSPS) is 11.9. The molecule has 1 aromatic heterocycles. The molecule has 2 rings (SSSR count). The van der Waals surface area contributed by atoms with Crippen LogP contribution in [0.2, 0.25) is 0 Å². The number of hydrogen-bond donors (Lipinski definition) is 0. The van der Waals surface area contributed by atoms with E-state index in [1.54, 1.807) is 13.1 Å². The van der Waals surface area contributed by atoms with Gasteiger partial charge in [-0.3, -0.25) is 4.57 Å². The van der Waals surface area contributed by atoms with Gasteiger partial charge < -0.3 is 4.42 Å². The molecule has 0 atom stereocenters. The van der Waals surface area contributed by atoms with Crippen molar-refractivity contribution in [2.45, 2.75) is 4.90 Å². The predicted octanol–water partition coefficient (Wildman–Crippen LogP) is 1.49. The molecular weight excluding hydrogens is 292 g/mol. The maximum absolute atomic E-state index is 12.6. The van der Waals surface area contributed by atoms with Crippen LogP contribution in [0.1, 0.15) is 0 Å². The summed E-state index contributed by atoms with van der Waals surface area (Å²) in [5.74, 6) is -0.534. The summed E-state index contributed by atoms with van der Waals surface area (Å²) in [5.41, 5.74) is 0.777. The van der Waals surface area contributed by atoms with Crippen LogP contribution in [-0.4, -0.2) is 30.4 Å². The Hall–Kier alpha value is -2.12. The second-order valence-corrected chi connectivity index (χ2v) is 6.39. The zero-order valence-electron chi connectivity index (χ0n) is 11.7. The number of rotatable bonds is 6. The van der Waals surface area contributed by atoms with E-state index in [1.807, 2.05) is 0 Å². The number of hydrogen-bond acceptors (Lipinski definition) is 4. The van der Waals surface area contributed by atoms with Crippen molar-refractivity contribution in [3.05, 3.63) is 54.1 Å². The smallest absolute Gasteiger partial charge is 0.408 e. The van der Waals surface area contributed by atoms with E-state index in [-0.39, 0.29) is 23.6 Å². The Bertz CT molecular complexity index is 835. The molecule has 0 saturated carbocycles. The summed E-state index contributed by atoms with van der Waals surface area (Å²) in [6.45, 7) is 7.45. The lowest BCUT2D eigenvalue weighted by atomic mass is 10.3. The summed E-state index contributed by atoms with van der Waals surface area (Å²) >= 11 is 0. The quantitative estimate of drug-likeness (QED) is 0.758. The number of fused-ring (bicyclic) bond motifs is 1. The average Bonchev–Trinajstić information content (AvgIpc) is 2.73. The van der Waals surface area contributed by atoms with Gasteiger partial charge in [0.25, 0.3) is 0 Å². The largest absolute Gasteiger partial charge is 0.419 e. The van der Waals surface area contributed by atoms with Crippen LogP contribution in [-0.2, 0) is 17.1 Å². The summed E-state index contributed by atoms with van der Waals surface area (Å²) in [6.07, 6.45) is 3.00. The van der Waals surface area contributed by atoms with Gasteiger partial charge in [-0.1, -0.05) is 12.2 Å². The minimum atomic E-state index is -3.70. The van der Waals surface area contributed by atoms with E-state index in [0.717, 1.165) is 0 Å². The van der Waals surface area contributed by atoms with Crippen molar-refractivity contribution in [1.29, 1.82) is 0 Å². The van der Waals surface area contributed by atoms with Gasteiger partial charge in [-0.25, -0.2) is 13.2 Å². The van der Waals surface area contributed by atoms with Gasteiger partial charge in [0, 0.05) is 26.2 Å². The Kier molecular flexibility index (Phi) is 4.15. The third kappa shape index (κ3) is 2.70. The summed E-state index contributed by atoms with van der Waals surface area (Å²) in [4.78, 5) is 11.5. The van der Waals surface area contributed by atoms with Gasteiger partial charge in [0.15, 0.2) is 5.58 Å². The first-order valence-electron chi connectivity index (χ1n) is 6.23. The van der Waals surface area contributed by atoms with Crippen LogP contribution in [0.4, 0.5) is 0 Å². The number of aromatic nitrogens is 1. The first-order chi connectivity index (χ1) is 9.91. The molecule has 7 heteroatoms. The van der Waals surface area contributed by atoms with Crippen LogP contribution in [0.25, 0.3) is 11.1 Å². The maximum Gasteiger partial charge on any atom is 0.419 e. The van der Waals surface area contributed by atoms with E-state index in [0.29, 0.717) is 5.52 Å². The molecule has 0 saturated heterocycles. The molecular formula is C14H16N2O4S. The lowest BCUT2D eigenvalue weighted by Gasteiger charge is -2.18. The summed E-state index contributed by atoms with van der Waals surface area (Å²) in [6, 6.07) is 4.35. The molecule has 1 aromatic carbocycles. The Morgan fingerprint density at radius 3 is 2.48 bits per heavy atom. The second kappa shape index (κ2) is 5.71. The molecule has 21 heavy (non-hydrogen) atoms. The molecule has 0 unspecified atom stereocenters. The van der Waals surface area contributed by atoms with E-state index < -0.39 is 15.8 Å². The zero-order valence-corrected chi connectivity index (χ0v) is 12.5. The van der Waals surface area contributed by atoms with Crippen molar-refractivity contribution in [2.24, 2.45) is 7.05 Å². The third-order valence-corrected chi connectivity index (χ3v) is 4.89. The molecule has 2 aromatic rings. The lowest BCUT2D eigenvalue weighted by molar-refractivity contribution is 0.474. The van der Waals surface area contributed by atoms with Crippen molar-refractivity contribution in [2.75, 3.05) is 13.1 Å². The lowest BCUT2D eigenvalue weighted by Crippen LogP contribution is -2.31. The highest BCUT2D eigenvalue weighted by Crippen LogP contribution is 2.21. The van der Waals surface area contributed by atoms with Gasteiger partial charge in [0.05, 0.1) is 10.4 Å². The minimum Gasteiger partial charge on any atom is -0.408 e. The first-order valence-corrected chi connectivity index (χ1v) is 7.67. The van der Waals surface area contributed by atoms with Gasteiger partial charge in [-0.05, 0) is 12.1 Å². The highest BCUT2D eigenvalue weighted by Gasteiger charge is 2.23. The Balaban J connectivity index is 2.55. The van der Waals surface area contributed by atoms with Crippen molar-refractivity contribution >= 4 is 21.1 Å². The number of benzene rings is 1. The topological polar surface area (TPSA) is 72.5 Å². The fraction of sp³-hybridized carbons (Fsp3) is 0.214. The van der Waals surface area contributed by atoms with Crippen LogP contribution >= 0.6 is 0 Å². The molecule has 0 N–H and O–H groups in total. The van der Waals surface area contributed by atoms with Crippen LogP contribution in [0, 0.1) is 0 Å². The number of aryl methyl sites for hydroxylation is 1. The van der Waals surface area contributed by atoms with Crippen molar-refractivity contribution in [3.63, 3.8) is 0 Å². The van der Waals surface area contributed by atoms with Gasteiger partial charge in [-0.2, -0.15) is 4.31 Å². The van der Waals surface area contributed by atoms with E-state index in [2.05, 4.69) is 13.2 Å². The van der Waals surface area contributed by atoms with Crippen LogP contribution in [0.3, 0.4) is 0 Å². The fourth-order valence-electron chi connectivity index (χ4n) is 1.98. The Morgan fingerprint density at radius 2 is 1.90 bits per heavy atom. The van der Waals surface area contributed by atoms with Crippen molar-refractivity contribution < 1.29 is 12.8 Å². The SMILES string of the molecule is C=CCN(CC=C)S(=O)(=O)c1ccc2c(c1)oc(=O)n2C. The summed E-state index contributed by atoms with van der Waals surface area (Å²) < 4.78 is 32.7. The number of nitrogens with zero attached hydrogens (tertiary/aromatic N) is 2. The van der Waals surface area contributed by atoms with E-state index >= 15 is 0 Å².